The molecule has 2 amide bonds. The zero-order valence-electron chi connectivity index (χ0n) is 15.2. The van der Waals surface area contributed by atoms with E-state index in [1.165, 1.54) is 0 Å². The Morgan fingerprint density at radius 2 is 1.73 bits per heavy atom. The number of carbonyl (C=O) groups excluding carboxylic acids is 2. The van der Waals surface area contributed by atoms with Crippen molar-refractivity contribution in [2.45, 2.75) is 39.3 Å². The molecular formula is C21H25ClN2O2. The summed E-state index contributed by atoms with van der Waals surface area (Å²) >= 11 is 6.03. The maximum absolute atomic E-state index is 13.0. The van der Waals surface area contributed by atoms with E-state index < -0.39 is 6.04 Å². The third-order valence-electron chi connectivity index (χ3n) is 4.18. The van der Waals surface area contributed by atoms with Crippen LogP contribution in [0, 0.1) is 0 Å². The quantitative estimate of drug-likeness (QED) is 0.765. The van der Waals surface area contributed by atoms with Gasteiger partial charge in [-0.1, -0.05) is 61.0 Å². The average Bonchev–Trinajstić information content (AvgIpc) is 2.62. The van der Waals surface area contributed by atoms with Crippen LogP contribution in [0.1, 0.15) is 31.4 Å². The van der Waals surface area contributed by atoms with E-state index in [-0.39, 0.29) is 18.2 Å². The lowest BCUT2D eigenvalue weighted by molar-refractivity contribution is -0.140. The Morgan fingerprint density at radius 3 is 2.35 bits per heavy atom. The highest BCUT2D eigenvalue weighted by molar-refractivity contribution is 6.30. The van der Waals surface area contributed by atoms with Crippen molar-refractivity contribution in [1.29, 1.82) is 0 Å². The van der Waals surface area contributed by atoms with Crippen LogP contribution >= 0.6 is 11.6 Å². The maximum Gasteiger partial charge on any atom is 0.242 e. The number of benzene rings is 2. The second-order valence-electron chi connectivity index (χ2n) is 6.13. The van der Waals surface area contributed by atoms with E-state index in [2.05, 4.69) is 5.32 Å². The van der Waals surface area contributed by atoms with E-state index in [4.69, 9.17) is 11.6 Å². The summed E-state index contributed by atoms with van der Waals surface area (Å²) in [6, 6.07) is 16.5. The number of halogens is 1. The van der Waals surface area contributed by atoms with Gasteiger partial charge in [0.1, 0.15) is 6.04 Å². The van der Waals surface area contributed by atoms with Crippen LogP contribution in [-0.4, -0.2) is 29.3 Å². The number of nitrogens with one attached hydrogen (secondary N) is 1. The van der Waals surface area contributed by atoms with Gasteiger partial charge in [0.15, 0.2) is 0 Å². The first-order valence-corrected chi connectivity index (χ1v) is 9.28. The molecule has 1 N–H and O–H groups in total. The van der Waals surface area contributed by atoms with Crippen molar-refractivity contribution >= 4 is 23.4 Å². The van der Waals surface area contributed by atoms with Crippen molar-refractivity contribution < 1.29 is 9.59 Å². The summed E-state index contributed by atoms with van der Waals surface area (Å²) in [5.74, 6) is -0.209. The van der Waals surface area contributed by atoms with Crippen LogP contribution in [0.3, 0.4) is 0 Å². The highest BCUT2D eigenvalue weighted by atomic mass is 35.5. The first-order valence-electron chi connectivity index (χ1n) is 8.90. The lowest BCUT2D eigenvalue weighted by Crippen LogP contribution is -2.49. The first-order chi connectivity index (χ1) is 12.5. The summed E-state index contributed by atoms with van der Waals surface area (Å²) in [5.41, 5.74) is 1.83. The van der Waals surface area contributed by atoms with Crippen LogP contribution < -0.4 is 5.32 Å². The normalized spacial score (nSPS) is 11.7. The third kappa shape index (κ3) is 5.60. The minimum absolute atomic E-state index is 0.0887. The van der Waals surface area contributed by atoms with E-state index in [1.54, 1.807) is 17.0 Å². The molecule has 0 aromatic heterocycles. The van der Waals surface area contributed by atoms with E-state index in [1.807, 2.05) is 56.3 Å². The maximum atomic E-state index is 13.0. The molecule has 0 spiro atoms. The topological polar surface area (TPSA) is 49.4 Å². The minimum Gasteiger partial charge on any atom is -0.355 e. The molecule has 26 heavy (non-hydrogen) atoms. The van der Waals surface area contributed by atoms with Gasteiger partial charge in [-0.2, -0.15) is 0 Å². The molecule has 138 valence electrons. The highest BCUT2D eigenvalue weighted by Gasteiger charge is 2.28. The Kier molecular flexibility index (Phi) is 7.67. The molecule has 0 radical (unpaired) electrons. The zero-order chi connectivity index (χ0) is 18.9. The molecule has 2 rings (SSSR count). The number of nitrogens with zero attached hydrogens (tertiary/aromatic N) is 1. The van der Waals surface area contributed by atoms with Crippen LogP contribution in [0.15, 0.2) is 54.6 Å². The van der Waals surface area contributed by atoms with Crippen LogP contribution in [-0.2, 0) is 22.6 Å². The second kappa shape index (κ2) is 9.97. The Morgan fingerprint density at radius 1 is 1.04 bits per heavy atom. The molecule has 2 aromatic carbocycles. The van der Waals surface area contributed by atoms with Gasteiger partial charge in [-0.3, -0.25) is 9.59 Å². The molecule has 4 nitrogen and oxygen atoms in total. The fourth-order valence-electron chi connectivity index (χ4n) is 2.91. The van der Waals surface area contributed by atoms with Crippen LogP contribution in [0.2, 0.25) is 5.02 Å². The molecule has 5 heteroatoms. The van der Waals surface area contributed by atoms with Crippen molar-refractivity contribution in [3.8, 4) is 0 Å². The second-order valence-corrected chi connectivity index (χ2v) is 6.57. The van der Waals surface area contributed by atoms with Gasteiger partial charge in [-0.25, -0.2) is 0 Å². The number of carbonyl (C=O) groups is 2. The first kappa shape index (κ1) is 20.0. The van der Waals surface area contributed by atoms with E-state index >= 15 is 0 Å². The summed E-state index contributed by atoms with van der Waals surface area (Å²) in [6.45, 7) is 4.73. The lowest BCUT2D eigenvalue weighted by atomic mass is 10.1. The minimum atomic E-state index is -0.498. The fourth-order valence-corrected chi connectivity index (χ4v) is 3.13. The van der Waals surface area contributed by atoms with Gasteiger partial charge >= 0.3 is 0 Å². The van der Waals surface area contributed by atoms with Crippen LogP contribution in [0.25, 0.3) is 0 Å². The van der Waals surface area contributed by atoms with E-state index in [9.17, 15) is 9.59 Å². The van der Waals surface area contributed by atoms with Crippen molar-refractivity contribution in [1.82, 2.24) is 10.2 Å². The van der Waals surface area contributed by atoms with Crippen molar-refractivity contribution in [2.24, 2.45) is 0 Å². The fraction of sp³-hybridized carbons (Fsp3) is 0.333. The molecule has 0 aliphatic heterocycles. The summed E-state index contributed by atoms with van der Waals surface area (Å²) in [5, 5.41) is 3.43. The molecule has 0 heterocycles. The number of amides is 2. The Bertz CT molecular complexity index is 734. The van der Waals surface area contributed by atoms with Gasteiger partial charge < -0.3 is 10.2 Å². The smallest absolute Gasteiger partial charge is 0.242 e. The van der Waals surface area contributed by atoms with E-state index in [0.717, 1.165) is 11.1 Å². The molecule has 2 aromatic rings. The van der Waals surface area contributed by atoms with Gasteiger partial charge in [0, 0.05) is 18.1 Å². The highest BCUT2D eigenvalue weighted by Crippen LogP contribution is 2.16. The van der Waals surface area contributed by atoms with Crippen molar-refractivity contribution in [2.75, 3.05) is 6.54 Å². The molecular weight excluding hydrogens is 348 g/mol. The summed E-state index contributed by atoms with van der Waals surface area (Å²) in [7, 11) is 0. The van der Waals surface area contributed by atoms with Crippen molar-refractivity contribution in [3.05, 3.63) is 70.7 Å². The Hall–Kier alpha value is -2.33. The molecule has 0 bridgehead atoms. The molecule has 0 aliphatic carbocycles. The molecule has 0 saturated heterocycles. The lowest BCUT2D eigenvalue weighted by Gasteiger charge is -2.30. The number of hydrogen-bond acceptors (Lipinski definition) is 2. The zero-order valence-corrected chi connectivity index (χ0v) is 16.0. The summed E-state index contributed by atoms with van der Waals surface area (Å²) < 4.78 is 0. The number of rotatable bonds is 8. The molecule has 0 saturated carbocycles. The van der Waals surface area contributed by atoms with Gasteiger partial charge in [0.2, 0.25) is 11.8 Å². The van der Waals surface area contributed by atoms with Gasteiger partial charge in [0.05, 0.1) is 6.42 Å². The van der Waals surface area contributed by atoms with Gasteiger partial charge in [0.25, 0.3) is 0 Å². The summed E-state index contributed by atoms with van der Waals surface area (Å²) in [6.07, 6.45) is 0.767. The van der Waals surface area contributed by atoms with E-state index in [0.29, 0.717) is 24.5 Å². The molecule has 1 atom stereocenters. The largest absolute Gasteiger partial charge is 0.355 e. The van der Waals surface area contributed by atoms with Crippen molar-refractivity contribution in [3.63, 3.8) is 0 Å². The third-order valence-corrected chi connectivity index (χ3v) is 4.41. The predicted octanol–water partition coefficient (Wildman–Crippen LogP) is 3.83. The van der Waals surface area contributed by atoms with Gasteiger partial charge in [-0.15, -0.1) is 0 Å². The van der Waals surface area contributed by atoms with Crippen LogP contribution in [0.4, 0.5) is 0 Å². The monoisotopic (exact) mass is 372 g/mol. The molecule has 0 fully saturated rings. The number of hydrogen-bond donors (Lipinski definition) is 1. The Balaban J connectivity index is 2.25. The average molecular weight is 373 g/mol. The Labute approximate surface area is 160 Å². The molecule has 0 aliphatic rings. The standard InChI is InChI=1S/C21H25ClN2O2/c1-3-19(21(26)23-4-2)24(15-16-9-6-5-7-10-16)20(25)14-17-11-8-12-18(22)13-17/h5-13,19H,3-4,14-15H2,1-2H3,(H,23,26)/t19-/m1/s1. The van der Waals surface area contributed by atoms with Gasteiger partial charge in [-0.05, 0) is 36.6 Å². The number of likely N-dealkylation sites (N-methyl/N-ethyl adjacent to an activating group) is 1. The predicted molar refractivity (Wildman–Crippen MR) is 105 cm³/mol. The molecule has 0 unspecified atom stereocenters. The summed E-state index contributed by atoms with van der Waals surface area (Å²) in [4.78, 5) is 27.2. The van der Waals surface area contributed by atoms with Crippen LogP contribution in [0.5, 0.6) is 0 Å². The SMILES string of the molecule is CCNC(=O)[C@@H](CC)N(Cc1ccccc1)C(=O)Cc1cccc(Cl)c1.